The Morgan fingerprint density at radius 1 is 1.22 bits per heavy atom. The number of nitrogens with one attached hydrogen (secondary N) is 1. The second-order valence-electron chi connectivity index (χ2n) is 3.84. The molecule has 0 aliphatic carbocycles. The van der Waals surface area contributed by atoms with Crippen LogP contribution in [0.5, 0.6) is 0 Å². The van der Waals surface area contributed by atoms with Gasteiger partial charge in [0.25, 0.3) is 0 Å². The van der Waals surface area contributed by atoms with Gasteiger partial charge in [0.1, 0.15) is 0 Å². The zero-order chi connectivity index (χ0) is 13.7. The van der Waals surface area contributed by atoms with Gasteiger partial charge < -0.3 is 15.5 Å². The topological polar surface area (TPSA) is 104 Å². The minimum Gasteiger partial charge on any atom is -0.481 e. The van der Waals surface area contributed by atoms with Gasteiger partial charge >= 0.3 is 11.9 Å². The summed E-state index contributed by atoms with van der Waals surface area (Å²) in [5.41, 5.74) is 0.126. The summed E-state index contributed by atoms with van der Waals surface area (Å²) < 4.78 is 0. The van der Waals surface area contributed by atoms with E-state index in [9.17, 15) is 14.4 Å². The van der Waals surface area contributed by atoms with Crippen molar-refractivity contribution in [1.29, 1.82) is 0 Å². The third kappa shape index (κ3) is 3.58. The number of carbonyl (C=O) groups is 3. The van der Waals surface area contributed by atoms with E-state index in [4.69, 9.17) is 10.2 Å². The van der Waals surface area contributed by atoms with Gasteiger partial charge in [-0.2, -0.15) is 0 Å². The molecule has 0 radical (unpaired) electrons. The molecular formula is C12H13NO5. The number of anilines is 1. The molecule has 0 aliphatic heterocycles. The summed E-state index contributed by atoms with van der Waals surface area (Å²) in [6, 6.07) is 5.94. The number of para-hydroxylation sites is 1. The summed E-state index contributed by atoms with van der Waals surface area (Å²) in [5, 5.41) is 19.9. The van der Waals surface area contributed by atoms with Crippen molar-refractivity contribution in [3.8, 4) is 0 Å². The fourth-order valence-corrected chi connectivity index (χ4v) is 1.39. The molecule has 6 heteroatoms. The van der Waals surface area contributed by atoms with Crippen LogP contribution in [-0.2, 0) is 9.59 Å². The predicted octanol–water partition coefficient (Wildman–Crippen LogP) is 1.43. The summed E-state index contributed by atoms with van der Waals surface area (Å²) in [6.07, 6.45) is -0.304. The molecule has 1 atom stereocenters. The maximum absolute atomic E-state index is 11.7. The van der Waals surface area contributed by atoms with Crippen LogP contribution in [0.1, 0.15) is 23.7 Å². The molecule has 1 amide bonds. The largest absolute Gasteiger partial charge is 0.481 e. The number of aromatic carboxylic acids is 1. The molecule has 0 fully saturated rings. The zero-order valence-electron chi connectivity index (χ0n) is 9.71. The van der Waals surface area contributed by atoms with Gasteiger partial charge in [-0.1, -0.05) is 19.1 Å². The van der Waals surface area contributed by atoms with Crippen LogP contribution in [0.2, 0.25) is 0 Å². The van der Waals surface area contributed by atoms with Crippen LogP contribution in [0.4, 0.5) is 5.69 Å². The standard InChI is InChI=1S/C12H13NO5/c1-7(6-10(14)15)11(16)13-9-5-3-2-4-8(9)12(17)18/h2-5,7H,6H2,1H3,(H,13,16)(H,14,15)(H,17,18). The third-order valence-electron chi connectivity index (χ3n) is 2.34. The van der Waals surface area contributed by atoms with E-state index in [1.54, 1.807) is 12.1 Å². The quantitative estimate of drug-likeness (QED) is 0.734. The van der Waals surface area contributed by atoms with Crippen molar-refractivity contribution >= 4 is 23.5 Å². The number of amides is 1. The summed E-state index contributed by atoms with van der Waals surface area (Å²) in [7, 11) is 0. The number of carbonyl (C=O) groups excluding carboxylic acids is 1. The molecule has 1 aromatic rings. The Morgan fingerprint density at radius 3 is 2.39 bits per heavy atom. The Balaban J connectivity index is 2.82. The SMILES string of the molecule is CC(CC(=O)O)C(=O)Nc1ccccc1C(=O)O. The smallest absolute Gasteiger partial charge is 0.337 e. The minimum absolute atomic E-state index is 0.0339. The van der Waals surface area contributed by atoms with Crippen LogP contribution < -0.4 is 5.32 Å². The van der Waals surface area contributed by atoms with Gasteiger partial charge in [-0.3, -0.25) is 9.59 Å². The van der Waals surface area contributed by atoms with E-state index >= 15 is 0 Å². The number of hydrogen-bond donors (Lipinski definition) is 3. The molecule has 1 rings (SSSR count). The Labute approximate surface area is 103 Å². The first-order chi connectivity index (χ1) is 8.41. The lowest BCUT2D eigenvalue weighted by molar-refractivity contribution is -0.139. The molecule has 1 aromatic carbocycles. The van der Waals surface area contributed by atoms with Crippen LogP contribution in [-0.4, -0.2) is 28.1 Å². The number of benzene rings is 1. The number of hydrogen-bond acceptors (Lipinski definition) is 3. The molecule has 0 aliphatic rings. The van der Waals surface area contributed by atoms with Crippen LogP contribution in [0, 0.1) is 5.92 Å². The van der Waals surface area contributed by atoms with E-state index in [1.807, 2.05) is 0 Å². The number of rotatable bonds is 5. The van der Waals surface area contributed by atoms with Crippen LogP contribution >= 0.6 is 0 Å². The summed E-state index contributed by atoms with van der Waals surface area (Å²) >= 11 is 0. The molecule has 96 valence electrons. The van der Waals surface area contributed by atoms with Gasteiger partial charge in [0, 0.05) is 5.92 Å². The molecule has 0 saturated heterocycles. The van der Waals surface area contributed by atoms with Gasteiger partial charge in [-0.15, -0.1) is 0 Å². The average Bonchev–Trinajstić information content (AvgIpc) is 2.28. The van der Waals surface area contributed by atoms with Gasteiger partial charge in [0.15, 0.2) is 0 Å². The van der Waals surface area contributed by atoms with E-state index < -0.39 is 23.8 Å². The highest BCUT2D eigenvalue weighted by Crippen LogP contribution is 2.16. The average molecular weight is 251 g/mol. The maximum Gasteiger partial charge on any atom is 0.337 e. The molecule has 0 saturated carbocycles. The van der Waals surface area contributed by atoms with Crippen molar-refractivity contribution in [1.82, 2.24) is 0 Å². The lowest BCUT2D eigenvalue weighted by Gasteiger charge is -2.11. The highest BCUT2D eigenvalue weighted by Gasteiger charge is 2.18. The first-order valence-corrected chi connectivity index (χ1v) is 5.26. The Bertz CT molecular complexity index is 483. The Hall–Kier alpha value is -2.37. The van der Waals surface area contributed by atoms with E-state index in [2.05, 4.69) is 5.32 Å². The van der Waals surface area contributed by atoms with Crippen LogP contribution in [0.15, 0.2) is 24.3 Å². The van der Waals surface area contributed by atoms with E-state index in [-0.39, 0.29) is 17.7 Å². The van der Waals surface area contributed by atoms with Gasteiger partial charge in [-0.05, 0) is 12.1 Å². The highest BCUT2D eigenvalue weighted by atomic mass is 16.4. The number of aliphatic carboxylic acids is 1. The summed E-state index contributed by atoms with van der Waals surface area (Å²) in [5.74, 6) is -3.49. The molecule has 0 bridgehead atoms. The fraction of sp³-hybridized carbons (Fsp3) is 0.250. The third-order valence-corrected chi connectivity index (χ3v) is 2.34. The molecule has 0 aromatic heterocycles. The van der Waals surface area contributed by atoms with E-state index in [0.717, 1.165) is 0 Å². The molecule has 18 heavy (non-hydrogen) atoms. The van der Waals surface area contributed by atoms with Crippen molar-refractivity contribution in [3.63, 3.8) is 0 Å². The first kappa shape index (κ1) is 13.7. The molecular weight excluding hydrogens is 238 g/mol. The predicted molar refractivity (Wildman–Crippen MR) is 63.4 cm³/mol. The van der Waals surface area contributed by atoms with Gasteiger partial charge in [-0.25, -0.2) is 4.79 Å². The minimum atomic E-state index is -1.16. The lowest BCUT2D eigenvalue weighted by Crippen LogP contribution is -2.23. The fourth-order valence-electron chi connectivity index (χ4n) is 1.39. The monoisotopic (exact) mass is 251 g/mol. The van der Waals surface area contributed by atoms with Crippen molar-refractivity contribution in [3.05, 3.63) is 29.8 Å². The van der Waals surface area contributed by atoms with Gasteiger partial charge in [0.2, 0.25) is 5.91 Å². The molecule has 1 unspecified atom stereocenters. The molecule has 3 N–H and O–H groups in total. The Morgan fingerprint density at radius 2 is 1.83 bits per heavy atom. The van der Waals surface area contributed by atoms with E-state index in [1.165, 1.54) is 19.1 Å². The lowest BCUT2D eigenvalue weighted by atomic mass is 10.1. The number of carboxylic acid groups (broad SMARTS) is 2. The molecule has 6 nitrogen and oxygen atoms in total. The first-order valence-electron chi connectivity index (χ1n) is 5.26. The second-order valence-corrected chi connectivity index (χ2v) is 3.84. The number of carboxylic acids is 2. The van der Waals surface area contributed by atoms with Crippen LogP contribution in [0.25, 0.3) is 0 Å². The second kappa shape index (κ2) is 5.81. The molecule has 0 spiro atoms. The zero-order valence-corrected chi connectivity index (χ0v) is 9.71. The maximum atomic E-state index is 11.7. The van der Waals surface area contributed by atoms with E-state index in [0.29, 0.717) is 0 Å². The Kier molecular flexibility index (Phi) is 4.42. The summed E-state index contributed by atoms with van der Waals surface area (Å²) in [4.78, 5) is 33.0. The van der Waals surface area contributed by atoms with Crippen LogP contribution in [0.3, 0.4) is 0 Å². The normalized spacial score (nSPS) is 11.6. The van der Waals surface area contributed by atoms with Gasteiger partial charge in [0.05, 0.1) is 17.7 Å². The highest BCUT2D eigenvalue weighted by molar-refractivity contribution is 6.01. The molecule has 0 heterocycles. The van der Waals surface area contributed by atoms with Crippen molar-refractivity contribution in [2.45, 2.75) is 13.3 Å². The van der Waals surface area contributed by atoms with Crippen molar-refractivity contribution in [2.75, 3.05) is 5.32 Å². The van der Waals surface area contributed by atoms with Crippen molar-refractivity contribution in [2.24, 2.45) is 5.92 Å². The van der Waals surface area contributed by atoms with Crippen molar-refractivity contribution < 1.29 is 24.6 Å². The summed E-state index contributed by atoms with van der Waals surface area (Å²) in [6.45, 7) is 1.47.